The number of anilines is 1. The number of nitrogens with one attached hydrogen (secondary N) is 1. The smallest absolute Gasteiger partial charge is 0.265 e. The molecule has 2 aromatic rings. The maximum atomic E-state index is 12.0. The Bertz CT molecular complexity index is 647. The van der Waals surface area contributed by atoms with E-state index in [0.29, 0.717) is 21.5 Å². The second-order valence-corrected chi connectivity index (χ2v) is 6.06. The molecule has 6 heteroatoms. The topological polar surface area (TPSA) is 38.3 Å². The summed E-state index contributed by atoms with van der Waals surface area (Å²) in [6.07, 6.45) is -0.661. The molecule has 0 radical (unpaired) electrons. The zero-order chi connectivity index (χ0) is 15.4. The molecule has 0 aliphatic heterocycles. The van der Waals surface area contributed by atoms with Crippen LogP contribution in [0.1, 0.15) is 6.92 Å². The minimum Gasteiger partial charge on any atom is -0.481 e. The fraction of sp³-hybridized carbons (Fsp3) is 0.133. The lowest BCUT2D eigenvalue weighted by molar-refractivity contribution is -0.122. The number of carbonyl (C=O) groups is 1. The Kier molecular flexibility index (Phi) is 5.51. The Balaban J connectivity index is 1.98. The number of amides is 1. The van der Waals surface area contributed by atoms with E-state index < -0.39 is 6.10 Å². The summed E-state index contributed by atoms with van der Waals surface area (Å²) in [6, 6.07) is 12.2. The molecule has 0 saturated heterocycles. The van der Waals surface area contributed by atoms with Crippen molar-refractivity contribution >= 4 is 50.7 Å². The van der Waals surface area contributed by atoms with Gasteiger partial charge in [-0.2, -0.15) is 0 Å². The van der Waals surface area contributed by atoms with E-state index in [1.165, 1.54) is 0 Å². The Labute approximate surface area is 141 Å². The van der Waals surface area contributed by atoms with Gasteiger partial charge in [-0.25, -0.2) is 0 Å². The van der Waals surface area contributed by atoms with Gasteiger partial charge in [-0.15, -0.1) is 0 Å². The molecule has 1 amide bonds. The van der Waals surface area contributed by atoms with Gasteiger partial charge in [0.15, 0.2) is 6.10 Å². The van der Waals surface area contributed by atoms with Crippen molar-refractivity contribution in [3.63, 3.8) is 0 Å². The average Bonchev–Trinajstić information content (AvgIpc) is 2.45. The highest BCUT2D eigenvalue weighted by molar-refractivity contribution is 9.10. The van der Waals surface area contributed by atoms with Crippen molar-refractivity contribution in [3.8, 4) is 5.75 Å². The third-order valence-corrected chi connectivity index (χ3v) is 3.95. The van der Waals surface area contributed by atoms with Gasteiger partial charge in [0, 0.05) is 16.2 Å². The molecule has 0 aliphatic carbocycles. The molecule has 0 aliphatic rings. The molecule has 0 aromatic heterocycles. The van der Waals surface area contributed by atoms with Crippen LogP contribution in [-0.2, 0) is 4.79 Å². The van der Waals surface area contributed by atoms with Gasteiger partial charge in [-0.1, -0.05) is 39.1 Å². The Morgan fingerprint density at radius 2 is 1.81 bits per heavy atom. The second kappa shape index (κ2) is 7.16. The van der Waals surface area contributed by atoms with E-state index in [0.717, 1.165) is 4.47 Å². The molecule has 2 aromatic carbocycles. The van der Waals surface area contributed by atoms with Crippen LogP contribution >= 0.6 is 39.1 Å². The van der Waals surface area contributed by atoms with Gasteiger partial charge in [0.2, 0.25) is 0 Å². The highest BCUT2D eigenvalue weighted by Crippen LogP contribution is 2.27. The highest BCUT2D eigenvalue weighted by Gasteiger charge is 2.15. The van der Waals surface area contributed by atoms with Gasteiger partial charge in [0.05, 0.1) is 10.0 Å². The molecule has 0 heterocycles. The molecule has 0 bridgehead atoms. The van der Waals surface area contributed by atoms with Gasteiger partial charge in [-0.3, -0.25) is 4.79 Å². The van der Waals surface area contributed by atoms with Crippen molar-refractivity contribution in [1.82, 2.24) is 0 Å². The van der Waals surface area contributed by atoms with Crippen molar-refractivity contribution in [3.05, 3.63) is 57.0 Å². The van der Waals surface area contributed by atoms with Crippen LogP contribution in [0.25, 0.3) is 0 Å². The van der Waals surface area contributed by atoms with E-state index in [1.807, 2.05) is 12.1 Å². The number of benzene rings is 2. The van der Waals surface area contributed by atoms with Crippen LogP contribution in [-0.4, -0.2) is 12.0 Å². The second-order valence-electron chi connectivity index (χ2n) is 4.33. The van der Waals surface area contributed by atoms with Crippen LogP contribution in [0.5, 0.6) is 5.75 Å². The normalized spacial score (nSPS) is 11.8. The lowest BCUT2D eigenvalue weighted by Gasteiger charge is -2.15. The lowest BCUT2D eigenvalue weighted by Crippen LogP contribution is -2.30. The third kappa shape index (κ3) is 4.63. The number of hydrogen-bond donors (Lipinski definition) is 1. The van der Waals surface area contributed by atoms with E-state index in [2.05, 4.69) is 21.2 Å². The molecule has 1 atom stereocenters. The van der Waals surface area contributed by atoms with Crippen LogP contribution in [0.3, 0.4) is 0 Å². The van der Waals surface area contributed by atoms with E-state index in [1.54, 1.807) is 37.3 Å². The monoisotopic (exact) mass is 387 g/mol. The number of rotatable bonds is 4. The molecule has 0 fully saturated rings. The summed E-state index contributed by atoms with van der Waals surface area (Å²) in [6.45, 7) is 1.66. The van der Waals surface area contributed by atoms with Crippen LogP contribution in [0, 0.1) is 0 Å². The number of carbonyl (C=O) groups excluding carboxylic acids is 1. The summed E-state index contributed by atoms with van der Waals surface area (Å²) in [4.78, 5) is 12.0. The quantitative estimate of drug-likeness (QED) is 0.785. The zero-order valence-electron chi connectivity index (χ0n) is 11.1. The highest BCUT2D eigenvalue weighted by atomic mass is 79.9. The van der Waals surface area contributed by atoms with Crippen LogP contribution in [0.15, 0.2) is 46.9 Å². The minimum atomic E-state index is -0.661. The Hall–Kier alpha value is -1.23. The molecule has 0 spiro atoms. The maximum absolute atomic E-state index is 12.0. The van der Waals surface area contributed by atoms with Crippen molar-refractivity contribution in [2.75, 3.05) is 5.32 Å². The molecule has 0 unspecified atom stereocenters. The predicted octanol–water partition coefficient (Wildman–Crippen LogP) is 5.16. The van der Waals surface area contributed by atoms with E-state index >= 15 is 0 Å². The van der Waals surface area contributed by atoms with Crippen molar-refractivity contribution in [2.24, 2.45) is 0 Å². The summed E-state index contributed by atoms with van der Waals surface area (Å²) in [5.41, 5.74) is 0.702. The molecular formula is C15H12BrCl2NO2. The van der Waals surface area contributed by atoms with E-state index in [-0.39, 0.29) is 5.91 Å². The zero-order valence-corrected chi connectivity index (χ0v) is 14.2. The molecule has 1 N–H and O–H groups in total. The molecule has 110 valence electrons. The molecule has 21 heavy (non-hydrogen) atoms. The summed E-state index contributed by atoms with van der Waals surface area (Å²) in [5.74, 6) is 0.242. The van der Waals surface area contributed by atoms with Gasteiger partial charge in [0.1, 0.15) is 5.75 Å². The summed E-state index contributed by atoms with van der Waals surface area (Å²) >= 11 is 15.1. The number of hydrogen-bond acceptors (Lipinski definition) is 2. The minimum absolute atomic E-state index is 0.247. The first-order valence-electron chi connectivity index (χ1n) is 6.14. The van der Waals surface area contributed by atoms with E-state index in [4.69, 9.17) is 27.9 Å². The van der Waals surface area contributed by atoms with Crippen LogP contribution in [0.2, 0.25) is 10.0 Å². The van der Waals surface area contributed by atoms with Crippen molar-refractivity contribution < 1.29 is 9.53 Å². The summed E-state index contributed by atoms with van der Waals surface area (Å²) in [7, 11) is 0. The largest absolute Gasteiger partial charge is 0.481 e. The van der Waals surface area contributed by atoms with Crippen molar-refractivity contribution in [1.29, 1.82) is 0 Å². The van der Waals surface area contributed by atoms with Crippen molar-refractivity contribution in [2.45, 2.75) is 13.0 Å². The Morgan fingerprint density at radius 3 is 2.43 bits per heavy atom. The first-order chi connectivity index (χ1) is 9.95. The summed E-state index contributed by atoms with van der Waals surface area (Å²) in [5, 5.41) is 3.60. The lowest BCUT2D eigenvalue weighted by atomic mass is 10.3. The molecule has 3 nitrogen and oxygen atoms in total. The standard InChI is InChI=1S/C15H12BrCl2NO2/c1-9(21-12-6-7-13(17)14(18)8-12)15(20)19-11-4-2-10(16)3-5-11/h2-9H,1H3,(H,19,20)/t9-/m1/s1. The molecular weight excluding hydrogens is 377 g/mol. The van der Waals surface area contributed by atoms with E-state index in [9.17, 15) is 4.79 Å². The van der Waals surface area contributed by atoms with Crippen LogP contribution in [0.4, 0.5) is 5.69 Å². The SMILES string of the molecule is C[C@@H](Oc1ccc(Cl)c(Cl)c1)C(=O)Nc1ccc(Br)cc1. The maximum Gasteiger partial charge on any atom is 0.265 e. The van der Waals surface area contributed by atoms with Gasteiger partial charge in [-0.05, 0) is 43.3 Å². The fourth-order valence-electron chi connectivity index (χ4n) is 1.58. The van der Waals surface area contributed by atoms with Gasteiger partial charge < -0.3 is 10.1 Å². The van der Waals surface area contributed by atoms with Gasteiger partial charge in [0.25, 0.3) is 5.91 Å². The first kappa shape index (κ1) is 16.1. The number of halogens is 3. The van der Waals surface area contributed by atoms with Crippen LogP contribution < -0.4 is 10.1 Å². The summed E-state index contributed by atoms with van der Waals surface area (Å²) < 4.78 is 6.49. The Morgan fingerprint density at radius 1 is 1.14 bits per heavy atom. The third-order valence-electron chi connectivity index (χ3n) is 2.68. The first-order valence-corrected chi connectivity index (χ1v) is 7.69. The molecule has 2 rings (SSSR count). The van der Waals surface area contributed by atoms with Gasteiger partial charge >= 0.3 is 0 Å². The molecule has 0 saturated carbocycles. The predicted molar refractivity (Wildman–Crippen MR) is 89.3 cm³/mol. The fourth-order valence-corrected chi connectivity index (χ4v) is 2.14. The number of ether oxygens (including phenoxy) is 1. The average molecular weight is 389 g/mol.